The lowest BCUT2D eigenvalue weighted by atomic mass is 9.96. The largest absolute Gasteiger partial charge is 0.497 e. The van der Waals surface area contributed by atoms with Crippen molar-refractivity contribution in [2.75, 3.05) is 32.1 Å². The molecule has 0 bridgehead atoms. The van der Waals surface area contributed by atoms with Gasteiger partial charge in [0.25, 0.3) is 0 Å². The van der Waals surface area contributed by atoms with Crippen molar-refractivity contribution in [2.45, 2.75) is 26.3 Å². The highest BCUT2D eigenvalue weighted by Gasteiger charge is 2.19. The van der Waals surface area contributed by atoms with E-state index in [-0.39, 0.29) is 6.03 Å². The molecule has 1 saturated heterocycles. The summed E-state index contributed by atoms with van der Waals surface area (Å²) < 4.78 is 5.12. The fourth-order valence-corrected chi connectivity index (χ4v) is 3.39. The van der Waals surface area contributed by atoms with E-state index in [0.29, 0.717) is 5.92 Å². The Morgan fingerprint density at radius 1 is 1.07 bits per heavy atom. The summed E-state index contributed by atoms with van der Waals surface area (Å²) in [6, 6.07) is 16.0. The van der Waals surface area contributed by atoms with E-state index in [4.69, 9.17) is 4.74 Å². The number of amides is 2. The SMILES string of the molecule is COc1ccc(NC(=O)NCC2CCN(Cc3ccc(C)cc3)CC2)cc1. The van der Waals surface area contributed by atoms with Crippen molar-refractivity contribution in [1.82, 2.24) is 10.2 Å². The van der Waals surface area contributed by atoms with Crippen LogP contribution in [0.5, 0.6) is 5.75 Å². The van der Waals surface area contributed by atoms with E-state index in [1.54, 1.807) is 7.11 Å². The summed E-state index contributed by atoms with van der Waals surface area (Å²) in [7, 11) is 1.63. The van der Waals surface area contributed by atoms with E-state index >= 15 is 0 Å². The number of carbonyl (C=O) groups is 1. The smallest absolute Gasteiger partial charge is 0.319 e. The Balaban J connectivity index is 1.36. The number of carbonyl (C=O) groups excluding carboxylic acids is 1. The fraction of sp³-hybridized carbons (Fsp3) is 0.409. The third kappa shape index (κ3) is 6.00. The predicted molar refractivity (Wildman–Crippen MR) is 109 cm³/mol. The van der Waals surface area contributed by atoms with Crippen LogP contribution in [0.1, 0.15) is 24.0 Å². The molecule has 1 aliphatic rings. The first kappa shape index (κ1) is 19.2. The number of rotatable bonds is 6. The molecule has 1 fully saturated rings. The summed E-state index contributed by atoms with van der Waals surface area (Å²) in [5.74, 6) is 1.32. The van der Waals surface area contributed by atoms with Crippen molar-refractivity contribution in [3.63, 3.8) is 0 Å². The highest BCUT2D eigenvalue weighted by Crippen LogP contribution is 2.19. The summed E-state index contributed by atoms with van der Waals surface area (Å²) in [5, 5.41) is 5.86. The molecule has 0 saturated carbocycles. The number of urea groups is 1. The van der Waals surface area contributed by atoms with Crippen LogP contribution in [0.2, 0.25) is 0 Å². The molecule has 2 aromatic carbocycles. The number of ether oxygens (including phenoxy) is 1. The van der Waals surface area contributed by atoms with Crippen LogP contribution in [0.4, 0.5) is 10.5 Å². The van der Waals surface area contributed by atoms with Crippen LogP contribution in [0.3, 0.4) is 0 Å². The van der Waals surface area contributed by atoms with Gasteiger partial charge in [-0.3, -0.25) is 4.90 Å². The molecule has 0 unspecified atom stereocenters. The van der Waals surface area contributed by atoms with Gasteiger partial charge in [0.1, 0.15) is 5.75 Å². The molecule has 0 aromatic heterocycles. The van der Waals surface area contributed by atoms with Crippen molar-refractivity contribution in [2.24, 2.45) is 5.92 Å². The van der Waals surface area contributed by atoms with Gasteiger partial charge in [-0.2, -0.15) is 0 Å². The Labute approximate surface area is 161 Å². The van der Waals surface area contributed by atoms with Crippen LogP contribution in [-0.2, 0) is 6.54 Å². The topological polar surface area (TPSA) is 53.6 Å². The van der Waals surface area contributed by atoms with Crippen LogP contribution in [-0.4, -0.2) is 37.7 Å². The van der Waals surface area contributed by atoms with Crippen molar-refractivity contribution in [3.05, 3.63) is 59.7 Å². The third-order valence-corrected chi connectivity index (χ3v) is 5.13. The molecule has 5 heteroatoms. The van der Waals surface area contributed by atoms with Crippen LogP contribution in [0, 0.1) is 12.8 Å². The number of aryl methyl sites for hydroxylation is 1. The van der Waals surface area contributed by atoms with Crippen molar-refractivity contribution >= 4 is 11.7 Å². The third-order valence-electron chi connectivity index (χ3n) is 5.13. The van der Waals surface area contributed by atoms with Crippen LogP contribution < -0.4 is 15.4 Å². The van der Waals surface area contributed by atoms with E-state index in [0.717, 1.165) is 50.5 Å². The van der Waals surface area contributed by atoms with Gasteiger partial charge >= 0.3 is 6.03 Å². The minimum atomic E-state index is -0.151. The molecule has 0 aliphatic carbocycles. The first-order valence-electron chi connectivity index (χ1n) is 9.59. The predicted octanol–water partition coefficient (Wildman–Crippen LogP) is 4.04. The number of likely N-dealkylation sites (tertiary alicyclic amines) is 1. The lowest BCUT2D eigenvalue weighted by Gasteiger charge is -2.32. The number of nitrogens with zero attached hydrogens (tertiary/aromatic N) is 1. The van der Waals surface area contributed by atoms with Gasteiger partial charge < -0.3 is 15.4 Å². The molecule has 1 heterocycles. The van der Waals surface area contributed by atoms with Gasteiger partial charge in [-0.25, -0.2) is 4.79 Å². The zero-order valence-corrected chi connectivity index (χ0v) is 16.2. The second-order valence-corrected chi connectivity index (χ2v) is 7.27. The van der Waals surface area contributed by atoms with Crippen molar-refractivity contribution in [3.8, 4) is 5.75 Å². The van der Waals surface area contributed by atoms with Gasteiger partial charge in [0.2, 0.25) is 0 Å². The van der Waals surface area contributed by atoms with E-state index in [9.17, 15) is 4.79 Å². The maximum atomic E-state index is 12.1. The van der Waals surface area contributed by atoms with E-state index < -0.39 is 0 Å². The van der Waals surface area contributed by atoms with Crippen molar-refractivity contribution in [1.29, 1.82) is 0 Å². The second kappa shape index (κ2) is 9.42. The fourth-order valence-electron chi connectivity index (χ4n) is 3.39. The standard InChI is InChI=1S/C22H29N3O2/c1-17-3-5-19(6-4-17)16-25-13-11-18(12-14-25)15-23-22(26)24-20-7-9-21(27-2)10-8-20/h3-10,18H,11-16H2,1-2H3,(H2,23,24,26). The molecule has 3 rings (SSSR count). The van der Waals surface area contributed by atoms with Gasteiger partial charge in [-0.1, -0.05) is 29.8 Å². The molecule has 2 aromatic rings. The second-order valence-electron chi connectivity index (χ2n) is 7.27. The molecule has 0 radical (unpaired) electrons. The molecule has 144 valence electrons. The maximum Gasteiger partial charge on any atom is 0.319 e. The van der Waals surface area contributed by atoms with Gasteiger partial charge in [0.05, 0.1) is 7.11 Å². The van der Waals surface area contributed by atoms with E-state index in [1.807, 2.05) is 24.3 Å². The number of anilines is 1. The molecular formula is C22H29N3O2. The Morgan fingerprint density at radius 3 is 2.37 bits per heavy atom. The quantitative estimate of drug-likeness (QED) is 0.810. The summed E-state index contributed by atoms with van der Waals surface area (Å²) in [6.45, 7) is 6.02. The summed E-state index contributed by atoms with van der Waals surface area (Å²) in [4.78, 5) is 14.6. The Kier molecular flexibility index (Phi) is 6.71. The molecule has 0 atom stereocenters. The number of methoxy groups -OCH3 is 1. The number of hydrogen-bond acceptors (Lipinski definition) is 3. The average Bonchev–Trinajstić information content (AvgIpc) is 2.70. The summed E-state index contributed by atoms with van der Waals surface area (Å²) in [6.07, 6.45) is 2.24. The first-order valence-corrected chi connectivity index (χ1v) is 9.59. The number of nitrogens with one attached hydrogen (secondary N) is 2. The van der Waals surface area contributed by atoms with E-state index in [2.05, 4.69) is 46.7 Å². The molecule has 1 aliphatic heterocycles. The van der Waals surface area contributed by atoms with Gasteiger partial charge in [-0.15, -0.1) is 0 Å². The average molecular weight is 367 g/mol. The minimum absolute atomic E-state index is 0.151. The Hall–Kier alpha value is -2.53. The molecule has 27 heavy (non-hydrogen) atoms. The number of benzene rings is 2. The first-order chi connectivity index (χ1) is 13.1. The normalized spacial score (nSPS) is 15.3. The highest BCUT2D eigenvalue weighted by atomic mass is 16.5. The van der Waals surface area contributed by atoms with Gasteiger partial charge in [-0.05, 0) is 68.6 Å². The monoisotopic (exact) mass is 367 g/mol. The summed E-state index contributed by atoms with van der Waals surface area (Å²) >= 11 is 0. The summed E-state index contributed by atoms with van der Waals surface area (Å²) in [5.41, 5.74) is 3.44. The number of hydrogen-bond donors (Lipinski definition) is 2. The molecule has 2 N–H and O–H groups in total. The maximum absolute atomic E-state index is 12.1. The molecule has 0 spiro atoms. The highest BCUT2D eigenvalue weighted by molar-refractivity contribution is 5.89. The van der Waals surface area contributed by atoms with Crippen LogP contribution in [0.15, 0.2) is 48.5 Å². The lowest BCUT2D eigenvalue weighted by molar-refractivity contribution is 0.175. The minimum Gasteiger partial charge on any atom is -0.497 e. The zero-order chi connectivity index (χ0) is 19.1. The molecular weight excluding hydrogens is 338 g/mol. The zero-order valence-electron chi connectivity index (χ0n) is 16.2. The molecule has 2 amide bonds. The Morgan fingerprint density at radius 2 is 1.74 bits per heavy atom. The van der Waals surface area contributed by atoms with Crippen LogP contribution >= 0.6 is 0 Å². The van der Waals surface area contributed by atoms with Crippen molar-refractivity contribution < 1.29 is 9.53 Å². The van der Waals surface area contributed by atoms with E-state index in [1.165, 1.54) is 11.1 Å². The Bertz CT molecular complexity index is 720. The van der Waals surface area contributed by atoms with Crippen LogP contribution in [0.25, 0.3) is 0 Å². The van der Waals surface area contributed by atoms with Gasteiger partial charge in [0.15, 0.2) is 0 Å². The van der Waals surface area contributed by atoms with Gasteiger partial charge in [0, 0.05) is 18.8 Å². The number of piperidine rings is 1. The lowest BCUT2D eigenvalue weighted by Crippen LogP contribution is -2.39. The molecule has 5 nitrogen and oxygen atoms in total.